The first kappa shape index (κ1) is 17.0. The summed E-state index contributed by atoms with van der Waals surface area (Å²) in [4.78, 5) is 26.4. The van der Waals surface area contributed by atoms with Crippen molar-refractivity contribution in [1.82, 2.24) is 10.3 Å². The number of para-hydroxylation sites is 1. The lowest BCUT2D eigenvalue weighted by Gasteiger charge is -2.06. The molecule has 0 unspecified atom stereocenters. The first-order valence-electron chi connectivity index (χ1n) is 7.27. The van der Waals surface area contributed by atoms with Crippen LogP contribution in [0.2, 0.25) is 0 Å². The first-order chi connectivity index (χ1) is 11.1. The smallest absolute Gasteiger partial charge is 0.355 e. The number of carboxylic acids is 1. The van der Waals surface area contributed by atoms with Crippen LogP contribution in [-0.2, 0) is 11.2 Å². The predicted octanol–water partition coefficient (Wildman–Crippen LogP) is 2.36. The number of rotatable bonds is 9. The Morgan fingerprint density at radius 2 is 2.04 bits per heavy atom. The van der Waals surface area contributed by atoms with Crippen molar-refractivity contribution in [3.63, 3.8) is 0 Å². The second kappa shape index (κ2) is 8.89. The molecule has 0 saturated heterocycles. The minimum Gasteiger partial charge on any atom is -0.494 e. The number of aromatic nitrogens is 1. The summed E-state index contributed by atoms with van der Waals surface area (Å²) in [6.07, 6.45) is 1.57. The van der Waals surface area contributed by atoms with Crippen LogP contribution >= 0.6 is 11.3 Å². The largest absolute Gasteiger partial charge is 0.494 e. The molecule has 2 aromatic rings. The quantitative estimate of drug-likeness (QED) is 0.687. The summed E-state index contributed by atoms with van der Waals surface area (Å²) >= 11 is 1.29. The monoisotopic (exact) mass is 334 g/mol. The maximum Gasteiger partial charge on any atom is 0.355 e. The molecule has 0 radical (unpaired) electrons. The number of thiazole rings is 1. The highest BCUT2D eigenvalue weighted by Gasteiger charge is 2.08. The van der Waals surface area contributed by atoms with Gasteiger partial charge in [-0.05, 0) is 18.6 Å². The van der Waals surface area contributed by atoms with Crippen molar-refractivity contribution in [2.45, 2.75) is 19.3 Å². The molecule has 7 heteroatoms. The molecule has 0 saturated carbocycles. The van der Waals surface area contributed by atoms with Crippen LogP contribution in [0.25, 0.3) is 0 Å². The van der Waals surface area contributed by atoms with Gasteiger partial charge >= 0.3 is 5.97 Å². The number of amides is 1. The fraction of sp³-hybridized carbons (Fsp3) is 0.312. The molecule has 1 heterocycles. The Labute approximate surface area is 138 Å². The van der Waals surface area contributed by atoms with Crippen molar-refractivity contribution in [2.24, 2.45) is 0 Å². The fourth-order valence-electron chi connectivity index (χ4n) is 1.86. The van der Waals surface area contributed by atoms with E-state index in [1.54, 1.807) is 0 Å². The number of hydrogen-bond acceptors (Lipinski definition) is 5. The number of carbonyl (C=O) groups is 2. The molecule has 2 N–H and O–H groups in total. The zero-order chi connectivity index (χ0) is 16.5. The molecule has 0 atom stereocenters. The van der Waals surface area contributed by atoms with E-state index in [-0.39, 0.29) is 11.6 Å². The van der Waals surface area contributed by atoms with E-state index in [9.17, 15) is 9.59 Å². The zero-order valence-electron chi connectivity index (χ0n) is 12.5. The van der Waals surface area contributed by atoms with Gasteiger partial charge in [0.15, 0.2) is 5.69 Å². The van der Waals surface area contributed by atoms with Crippen molar-refractivity contribution >= 4 is 23.2 Å². The van der Waals surface area contributed by atoms with Crippen molar-refractivity contribution in [3.05, 3.63) is 46.4 Å². The molecule has 0 aliphatic carbocycles. The molecule has 1 amide bonds. The normalized spacial score (nSPS) is 10.3. The lowest BCUT2D eigenvalue weighted by Crippen LogP contribution is -2.25. The molecule has 0 aliphatic rings. The molecule has 0 aliphatic heterocycles. The lowest BCUT2D eigenvalue weighted by molar-refractivity contribution is -0.121. The summed E-state index contributed by atoms with van der Waals surface area (Å²) in [6.45, 7) is 0.941. The summed E-state index contributed by atoms with van der Waals surface area (Å²) < 4.78 is 5.51. The summed E-state index contributed by atoms with van der Waals surface area (Å²) in [5.74, 6) is -0.280. The third kappa shape index (κ3) is 6.07. The standard InChI is InChI=1S/C16H18N2O4S/c19-14(7-4-10-22-12-5-2-1-3-6-12)17-9-8-15-18-13(11-23-15)16(20)21/h1-3,5-6,11H,4,7-10H2,(H,17,19)(H,20,21). The van der Waals surface area contributed by atoms with Gasteiger partial charge in [-0.2, -0.15) is 0 Å². The SMILES string of the molecule is O=C(CCCOc1ccccc1)NCCc1nc(C(=O)O)cs1. The maximum atomic E-state index is 11.7. The highest BCUT2D eigenvalue weighted by molar-refractivity contribution is 7.09. The van der Waals surface area contributed by atoms with Crippen LogP contribution < -0.4 is 10.1 Å². The predicted molar refractivity (Wildman–Crippen MR) is 87.0 cm³/mol. The molecule has 1 aromatic heterocycles. The minimum atomic E-state index is -1.03. The number of carboxylic acid groups (broad SMARTS) is 1. The molecule has 0 fully saturated rings. The van der Waals surface area contributed by atoms with E-state index in [0.29, 0.717) is 37.4 Å². The van der Waals surface area contributed by atoms with Gasteiger partial charge in [0.05, 0.1) is 11.6 Å². The second-order valence-corrected chi connectivity index (χ2v) is 5.74. The Balaban J connectivity index is 1.57. The molecular formula is C16H18N2O4S. The summed E-state index contributed by atoms with van der Waals surface area (Å²) in [5, 5.41) is 13.8. The molecular weight excluding hydrogens is 316 g/mol. The Hall–Kier alpha value is -2.41. The number of nitrogens with zero attached hydrogens (tertiary/aromatic N) is 1. The van der Waals surface area contributed by atoms with Crippen LogP contribution in [0.1, 0.15) is 28.3 Å². The second-order valence-electron chi connectivity index (χ2n) is 4.80. The number of ether oxygens (including phenoxy) is 1. The van der Waals surface area contributed by atoms with E-state index in [1.807, 2.05) is 30.3 Å². The number of nitrogens with one attached hydrogen (secondary N) is 1. The van der Waals surface area contributed by atoms with Crippen LogP contribution in [0.5, 0.6) is 5.75 Å². The highest BCUT2D eigenvalue weighted by Crippen LogP contribution is 2.10. The van der Waals surface area contributed by atoms with Gasteiger partial charge < -0.3 is 15.2 Å². The molecule has 6 nitrogen and oxygen atoms in total. The van der Waals surface area contributed by atoms with Gasteiger partial charge in [0.1, 0.15) is 5.75 Å². The van der Waals surface area contributed by atoms with Crippen molar-refractivity contribution in [1.29, 1.82) is 0 Å². The van der Waals surface area contributed by atoms with E-state index in [2.05, 4.69) is 10.3 Å². The number of carbonyl (C=O) groups excluding carboxylic acids is 1. The van der Waals surface area contributed by atoms with E-state index in [4.69, 9.17) is 9.84 Å². The summed E-state index contributed by atoms with van der Waals surface area (Å²) in [6, 6.07) is 9.47. The lowest BCUT2D eigenvalue weighted by atomic mass is 10.3. The van der Waals surface area contributed by atoms with Crippen LogP contribution in [0.4, 0.5) is 0 Å². The molecule has 0 spiro atoms. The molecule has 122 valence electrons. The number of aromatic carboxylic acids is 1. The van der Waals surface area contributed by atoms with Crippen molar-refractivity contribution in [3.8, 4) is 5.75 Å². The van der Waals surface area contributed by atoms with Gasteiger partial charge in [0, 0.05) is 24.8 Å². The summed E-state index contributed by atoms with van der Waals surface area (Å²) in [7, 11) is 0. The van der Waals surface area contributed by atoms with Crippen LogP contribution in [0.15, 0.2) is 35.7 Å². The van der Waals surface area contributed by atoms with E-state index < -0.39 is 5.97 Å². The Kier molecular flexibility index (Phi) is 6.56. The number of benzene rings is 1. The van der Waals surface area contributed by atoms with E-state index >= 15 is 0 Å². The summed E-state index contributed by atoms with van der Waals surface area (Å²) in [5.41, 5.74) is 0.0504. The Bertz CT molecular complexity index is 643. The van der Waals surface area contributed by atoms with Crippen LogP contribution in [0, 0.1) is 0 Å². The Morgan fingerprint density at radius 3 is 2.74 bits per heavy atom. The third-order valence-electron chi connectivity index (χ3n) is 2.99. The van der Waals surface area contributed by atoms with Crippen molar-refractivity contribution in [2.75, 3.05) is 13.2 Å². The minimum absolute atomic E-state index is 0.0447. The van der Waals surface area contributed by atoms with Gasteiger partial charge in [-0.25, -0.2) is 9.78 Å². The van der Waals surface area contributed by atoms with Gasteiger partial charge in [-0.3, -0.25) is 4.79 Å². The van der Waals surface area contributed by atoms with Gasteiger partial charge in [-0.15, -0.1) is 11.3 Å². The molecule has 1 aromatic carbocycles. The topological polar surface area (TPSA) is 88.5 Å². The highest BCUT2D eigenvalue weighted by atomic mass is 32.1. The van der Waals surface area contributed by atoms with Crippen LogP contribution in [-0.4, -0.2) is 35.1 Å². The Morgan fingerprint density at radius 1 is 1.26 bits per heavy atom. The van der Waals surface area contributed by atoms with E-state index in [1.165, 1.54) is 16.7 Å². The van der Waals surface area contributed by atoms with Gasteiger partial charge in [-0.1, -0.05) is 18.2 Å². The van der Waals surface area contributed by atoms with Crippen molar-refractivity contribution < 1.29 is 19.4 Å². The molecule has 23 heavy (non-hydrogen) atoms. The van der Waals surface area contributed by atoms with Gasteiger partial charge in [0.25, 0.3) is 0 Å². The average molecular weight is 334 g/mol. The number of hydrogen-bond donors (Lipinski definition) is 2. The fourth-order valence-corrected chi connectivity index (χ4v) is 2.63. The van der Waals surface area contributed by atoms with Crippen LogP contribution in [0.3, 0.4) is 0 Å². The van der Waals surface area contributed by atoms with Gasteiger partial charge in [0.2, 0.25) is 5.91 Å². The average Bonchev–Trinajstić information content (AvgIpc) is 3.02. The first-order valence-corrected chi connectivity index (χ1v) is 8.15. The van der Waals surface area contributed by atoms with E-state index in [0.717, 1.165) is 5.75 Å². The third-order valence-corrected chi connectivity index (χ3v) is 3.90. The molecule has 2 rings (SSSR count). The zero-order valence-corrected chi connectivity index (χ0v) is 13.3. The molecule has 0 bridgehead atoms. The maximum absolute atomic E-state index is 11.7.